The molecule has 1 atom stereocenters. The highest BCUT2D eigenvalue weighted by Crippen LogP contribution is 2.45. The SMILES string of the molecule is CC(C)(C)C(NC(=O)C1(C#N)CC1)C(=O)n1ccc(O)c1. The van der Waals surface area contributed by atoms with Gasteiger partial charge in [0.15, 0.2) is 0 Å². The summed E-state index contributed by atoms with van der Waals surface area (Å²) in [5.41, 5.74) is -1.49. The Kier molecular flexibility index (Phi) is 3.54. The molecule has 0 aliphatic heterocycles. The number of aromatic nitrogens is 1. The maximum atomic E-state index is 12.5. The highest BCUT2D eigenvalue weighted by atomic mass is 16.3. The van der Waals surface area contributed by atoms with Gasteiger partial charge in [-0.2, -0.15) is 5.26 Å². The van der Waals surface area contributed by atoms with Crippen molar-refractivity contribution in [3.05, 3.63) is 18.5 Å². The van der Waals surface area contributed by atoms with E-state index in [1.165, 1.54) is 23.0 Å². The van der Waals surface area contributed by atoms with Gasteiger partial charge in [0.05, 0.1) is 12.3 Å². The minimum Gasteiger partial charge on any atom is -0.506 e. The van der Waals surface area contributed by atoms with Crippen LogP contribution >= 0.6 is 0 Å². The maximum Gasteiger partial charge on any atom is 0.253 e. The first-order valence-electron chi connectivity index (χ1n) is 6.83. The zero-order valence-electron chi connectivity index (χ0n) is 12.4. The topological polar surface area (TPSA) is 95.1 Å². The molecule has 0 bridgehead atoms. The van der Waals surface area contributed by atoms with Crippen LogP contribution in [0.1, 0.15) is 38.4 Å². The number of aromatic hydroxyl groups is 1. The summed E-state index contributed by atoms with van der Waals surface area (Å²) >= 11 is 0. The molecule has 6 nitrogen and oxygen atoms in total. The second kappa shape index (κ2) is 4.92. The van der Waals surface area contributed by atoms with Gasteiger partial charge in [-0.3, -0.25) is 14.2 Å². The van der Waals surface area contributed by atoms with Gasteiger partial charge in [0.2, 0.25) is 5.91 Å². The number of rotatable bonds is 3. The van der Waals surface area contributed by atoms with Gasteiger partial charge in [-0.15, -0.1) is 0 Å². The van der Waals surface area contributed by atoms with Crippen LogP contribution in [-0.4, -0.2) is 27.5 Å². The molecule has 1 aliphatic carbocycles. The largest absolute Gasteiger partial charge is 0.506 e. The minimum atomic E-state index is -0.970. The van der Waals surface area contributed by atoms with Crippen molar-refractivity contribution in [1.82, 2.24) is 9.88 Å². The highest BCUT2D eigenvalue weighted by molar-refractivity contribution is 5.94. The molecule has 6 heteroatoms. The van der Waals surface area contributed by atoms with E-state index in [9.17, 15) is 14.7 Å². The van der Waals surface area contributed by atoms with E-state index in [4.69, 9.17) is 5.26 Å². The molecule has 21 heavy (non-hydrogen) atoms. The lowest BCUT2D eigenvalue weighted by atomic mass is 9.85. The molecular formula is C15H19N3O3. The van der Waals surface area contributed by atoms with Crippen molar-refractivity contribution in [3.8, 4) is 11.8 Å². The average molecular weight is 289 g/mol. The van der Waals surface area contributed by atoms with E-state index < -0.39 is 22.8 Å². The van der Waals surface area contributed by atoms with Crippen LogP contribution in [0.3, 0.4) is 0 Å². The van der Waals surface area contributed by atoms with E-state index in [1.54, 1.807) is 0 Å². The summed E-state index contributed by atoms with van der Waals surface area (Å²) in [6.07, 6.45) is 3.81. The molecule has 2 N–H and O–H groups in total. The molecule has 0 aromatic carbocycles. The fourth-order valence-electron chi connectivity index (χ4n) is 2.10. The highest BCUT2D eigenvalue weighted by Gasteiger charge is 2.52. The first-order valence-corrected chi connectivity index (χ1v) is 6.83. The number of hydrogen-bond acceptors (Lipinski definition) is 4. The van der Waals surface area contributed by atoms with Crippen LogP contribution in [-0.2, 0) is 4.79 Å². The van der Waals surface area contributed by atoms with Crippen molar-refractivity contribution >= 4 is 11.8 Å². The Balaban J connectivity index is 2.22. The van der Waals surface area contributed by atoms with Crippen LogP contribution in [0.5, 0.6) is 5.75 Å². The number of amides is 1. The Morgan fingerprint density at radius 3 is 2.48 bits per heavy atom. The van der Waals surface area contributed by atoms with E-state index in [2.05, 4.69) is 5.32 Å². The molecule has 1 aromatic heterocycles. The molecule has 1 heterocycles. The molecule has 1 saturated carbocycles. The van der Waals surface area contributed by atoms with E-state index in [-0.39, 0.29) is 11.7 Å². The smallest absolute Gasteiger partial charge is 0.253 e. The molecule has 0 saturated heterocycles. The number of nitriles is 1. The molecule has 112 valence electrons. The first kappa shape index (κ1) is 15.1. The van der Waals surface area contributed by atoms with Crippen molar-refractivity contribution in [2.24, 2.45) is 10.8 Å². The Morgan fingerprint density at radius 2 is 2.10 bits per heavy atom. The Labute approximate surface area is 123 Å². The first-order chi connectivity index (χ1) is 9.69. The minimum absolute atomic E-state index is 0.0157. The molecule has 0 radical (unpaired) electrons. The lowest BCUT2D eigenvalue weighted by molar-refractivity contribution is -0.125. The maximum absolute atomic E-state index is 12.5. The van der Waals surface area contributed by atoms with Gasteiger partial charge in [0.1, 0.15) is 17.2 Å². The Hall–Kier alpha value is -2.29. The van der Waals surface area contributed by atoms with Gasteiger partial charge in [-0.05, 0) is 24.3 Å². The number of nitrogens with zero attached hydrogens (tertiary/aromatic N) is 2. The quantitative estimate of drug-likeness (QED) is 0.884. The summed E-state index contributed by atoms with van der Waals surface area (Å²) in [7, 11) is 0. The predicted molar refractivity (Wildman–Crippen MR) is 75.4 cm³/mol. The zero-order valence-corrected chi connectivity index (χ0v) is 12.4. The van der Waals surface area contributed by atoms with Crippen molar-refractivity contribution in [2.45, 2.75) is 39.7 Å². The molecule has 1 amide bonds. The molecule has 1 fully saturated rings. The van der Waals surface area contributed by atoms with Crippen LogP contribution in [0, 0.1) is 22.2 Å². The monoisotopic (exact) mass is 289 g/mol. The fourth-order valence-corrected chi connectivity index (χ4v) is 2.10. The second-order valence-corrected chi connectivity index (χ2v) is 6.58. The Morgan fingerprint density at radius 1 is 1.48 bits per heavy atom. The molecule has 1 unspecified atom stereocenters. The van der Waals surface area contributed by atoms with Gasteiger partial charge in [-0.25, -0.2) is 0 Å². The van der Waals surface area contributed by atoms with Gasteiger partial charge in [0, 0.05) is 6.20 Å². The Bertz CT molecular complexity index is 615. The predicted octanol–water partition coefficient (Wildman–Crippen LogP) is 1.67. The normalized spacial score (nSPS) is 17.6. The van der Waals surface area contributed by atoms with E-state index >= 15 is 0 Å². The van der Waals surface area contributed by atoms with E-state index in [0.717, 1.165) is 0 Å². The van der Waals surface area contributed by atoms with E-state index in [1.807, 2.05) is 26.8 Å². The number of carbonyl (C=O) groups excluding carboxylic acids is 2. The molecule has 0 spiro atoms. The van der Waals surface area contributed by atoms with Crippen molar-refractivity contribution in [3.63, 3.8) is 0 Å². The summed E-state index contributed by atoms with van der Waals surface area (Å²) in [6.45, 7) is 5.52. The van der Waals surface area contributed by atoms with Crippen LogP contribution in [0.25, 0.3) is 0 Å². The van der Waals surface area contributed by atoms with Crippen molar-refractivity contribution in [2.75, 3.05) is 0 Å². The molecule has 1 aliphatic rings. The third kappa shape index (κ3) is 2.92. The third-order valence-electron chi connectivity index (χ3n) is 3.72. The van der Waals surface area contributed by atoms with Crippen molar-refractivity contribution in [1.29, 1.82) is 5.26 Å². The fraction of sp³-hybridized carbons (Fsp3) is 0.533. The van der Waals surface area contributed by atoms with Gasteiger partial charge >= 0.3 is 0 Å². The zero-order chi connectivity index (χ0) is 15.8. The molecular weight excluding hydrogens is 270 g/mol. The van der Waals surface area contributed by atoms with Gasteiger partial charge in [0.25, 0.3) is 5.91 Å². The van der Waals surface area contributed by atoms with Crippen LogP contribution in [0.15, 0.2) is 18.5 Å². The lowest BCUT2D eigenvalue weighted by Gasteiger charge is -2.30. The summed E-state index contributed by atoms with van der Waals surface area (Å²) in [5, 5.41) is 21.1. The lowest BCUT2D eigenvalue weighted by Crippen LogP contribution is -2.52. The van der Waals surface area contributed by atoms with Gasteiger partial charge in [-0.1, -0.05) is 20.8 Å². The van der Waals surface area contributed by atoms with Crippen LogP contribution in [0.2, 0.25) is 0 Å². The van der Waals surface area contributed by atoms with Crippen LogP contribution < -0.4 is 5.32 Å². The second-order valence-electron chi connectivity index (χ2n) is 6.58. The standard InChI is InChI=1S/C15H19N3O3/c1-14(2,3)11(12(20)18-7-4-10(19)8-18)17-13(21)15(9-16)5-6-15/h4,7-8,11,19H,5-6H2,1-3H3,(H,17,21). The summed E-state index contributed by atoms with van der Waals surface area (Å²) in [6, 6.07) is 2.65. The summed E-state index contributed by atoms with van der Waals surface area (Å²) in [4.78, 5) is 24.7. The number of nitrogens with one attached hydrogen (secondary N) is 1. The average Bonchev–Trinajstić information content (AvgIpc) is 3.09. The number of hydrogen-bond donors (Lipinski definition) is 2. The number of carbonyl (C=O) groups is 2. The van der Waals surface area contributed by atoms with Crippen LogP contribution in [0.4, 0.5) is 0 Å². The van der Waals surface area contributed by atoms with Crippen molar-refractivity contribution < 1.29 is 14.7 Å². The van der Waals surface area contributed by atoms with Gasteiger partial charge < -0.3 is 10.4 Å². The molecule has 2 rings (SSSR count). The summed E-state index contributed by atoms with van der Waals surface area (Å²) < 4.78 is 1.25. The molecule has 1 aromatic rings. The van der Waals surface area contributed by atoms with E-state index in [0.29, 0.717) is 12.8 Å². The summed E-state index contributed by atoms with van der Waals surface area (Å²) in [5.74, 6) is -0.752. The third-order valence-corrected chi connectivity index (χ3v) is 3.72.